The molecule has 1 heterocycles. The van der Waals surface area contributed by atoms with Crippen molar-refractivity contribution in [1.29, 1.82) is 0 Å². The van der Waals surface area contributed by atoms with Gasteiger partial charge in [-0.25, -0.2) is 0 Å². The standard InChI is InChI=1S/C15H15F3N2O/c1-2-19-8-11-7-12(10-20-9-11)13-5-3-4-6-14(13)21-15(16,17)18/h3-7,9-10,19H,2,8H2,1H3. The molecule has 21 heavy (non-hydrogen) atoms. The van der Waals surface area contributed by atoms with Crippen molar-refractivity contribution in [1.82, 2.24) is 10.3 Å². The summed E-state index contributed by atoms with van der Waals surface area (Å²) in [5.74, 6) is -0.229. The van der Waals surface area contributed by atoms with Crippen molar-refractivity contribution in [3.8, 4) is 16.9 Å². The number of aromatic nitrogens is 1. The highest BCUT2D eigenvalue weighted by Gasteiger charge is 2.32. The SMILES string of the molecule is CCNCc1cncc(-c2ccccc2OC(F)(F)F)c1. The van der Waals surface area contributed by atoms with Gasteiger partial charge in [0.15, 0.2) is 0 Å². The van der Waals surface area contributed by atoms with Crippen LogP contribution in [0.5, 0.6) is 5.75 Å². The fourth-order valence-corrected chi connectivity index (χ4v) is 1.92. The molecule has 1 N–H and O–H groups in total. The lowest BCUT2D eigenvalue weighted by Crippen LogP contribution is -2.17. The van der Waals surface area contributed by atoms with Crippen LogP contribution in [0.1, 0.15) is 12.5 Å². The van der Waals surface area contributed by atoms with Crippen LogP contribution in [0.4, 0.5) is 13.2 Å². The smallest absolute Gasteiger partial charge is 0.405 e. The van der Waals surface area contributed by atoms with E-state index in [2.05, 4.69) is 15.0 Å². The molecule has 0 aliphatic rings. The number of halogens is 3. The molecule has 6 heteroatoms. The number of pyridine rings is 1. The Balaban J connectivity index is 2.33. The van der Waals surface area contributed by atoms with Gasteiger partial charge in [-0.2, -0.15) is 0 Å². The molecule has 0 radical (unpaired) electrons. The molecule has 0 saturated carbocycles. The number of ether oxygens (including phenoxy) is 1. The van der Waals surface area contributed by atoms with Gasteiger partial charge in [0, 0.05) is 30.1 Å². The molecule has 2 aromatic rings. The van der Waals surface area contributed by atoms with Gasteiger partial charge in [0.1, 0.15) is 5.75 Å². The van der Waals surface area contributed by atoms with E-state index in [1.54, 1.807) is 24.4 Å². The summed E-state index contributed by atoms with van der Waals surface area (Å²) in [5, 5.41) is 3.14. The van der Waals surface area contributed by atoms with E-state index in [1.165, 1.54) is 18.3 Å². The maximum Gasteiger partial charge on any atom is 0.573 e. The second-order valence-electron chi connectivity index (χ2n) is 4.41. The fraction of sp³-hybridized carbons (Fsp3) is 0.267. The molecule has 0 atom stereocenters. The Hall–Kier alpha value is -2.08. The molecule has 3 nitrogen and oxygen atoms in total. The summed E-state index contributed by atoms with van der Waals surface area (Å²) in [5.41, 5.74) is 1.85. The van der Waals surface area contributed by atoms with Crippen LogP contribution in [0.25, 0.3) is 11.1 Å². The Bertz CT molecular complexity index is 599. The molecule has 0 saturated heterocycles. The van der Waals surface area contributed by atoms with Crippen molar-refractivity contribution in [2.45, 2.75) is 19.8 Å². The van der Waals surface area contributed by atoms with E-state index in [4.69, 9.17) is 0 Å². The summed E-state index contributed by atoms with van der Waals surface area (Å²) in [6.45, 7) is 3.39. The summed E-state index contributed by atoms with van der Waals surface area (Å²) in [6.07, 6.45) is -1.52. The van der Waals surface area contributed by atoms with Gasteiger partial charge in [0.05, 0.1) is 0 Å². The second kappa shape index (κ2) is 6.58. The van der Waals surface area contributed by atoms with E-state index in [-0.39, 0.29) is 5.75 Å². The molecule has 0 unspecified atom stereocenters. The summed E-state index contributed by atoms with van der Waals surface area (Å²) in [4.78, 5) is 4.07. The predicted molar refractivity (Wildman–Crippen MR) is 73.7 cm³/mol. The van der Waals surface area contributed by atoms with Gasteiger partial charge in [-0.3, -0.25) is 4.98 Å². The van der Waals surface area contributed by atoms with Gasteiger partial charge in [-0.1, -0.05) is 25.1 Å². The first-order valence-electron chi connectivity index (χ1n) is 6.49. The molecular weight excluding hydrogens is 281 g/mol. The minimum absolute atomic E-state index is 0.229. The second-order valence-corrected chi connectivity index (χ2v) is 4.41. The molecule has 0 spiro atoms. The first-order chi connectivity index (χ1) is 9.99. The average Bonchev–Trinajstić information content (AvgIpc) is 2.44. The predicted octanol–water partition coefficient (Wildman–Crippen LogP) is 3.76. The van der Waals surface area contributed by atoms with Crippen LogP contribution >= 0.6 is 0 Å². The molecular formula is C15H15F3N2O. The van der Waals surface area contributed by atoms with Crippen LogP contribution in [0.15, 0.2) is 42.7 Å². The Labute approximate surface area is 120 Å². The first kappa shape index (κ1) is 15.3. The molecule has 0 aliphatic heterocycles. The summed E-state index contributed by atoms with van der Waals surface area (Å²) >= 11 is 0. The zero-order chi connectivity index (χ0) is 15.3. The van der Waals surface area contributed by atoms with E-state index >= 15 is 0 Å². The third-order valence-electron chi connectivity index (χ3n) is 2.80. The highest BCUT2D eigenvalue weighted by molar-refractivity contribution is 5.70. The van der Waals surface area contributed by atoms with Gasteiger partial charge in [-0.15, -0.1) is 13.2 Å². The van der Waals surface area contributed by atoms with Gasteiger partial charge < -0.3 is 10.1 Å². The normalized spacial score (nSPS) is 11.4. The molecule has 112 valence electrons. The topological polar surface area (TPSA) is 34.2 Å². The zero-order valence-corrected chi connectivity index (χ0v) is 11.4. The average molecular weight is 296 g/mol. The third kappa shape index (κ3) is 4.46. The number of hydrogen-bond donors (Lipinski definition) is 1. The van der Waals surface area contributed by atoms with Crippen molar-refractivity contribution in [2.24, 2.45) is 0 Å². The number of nitrogens with one attached hydrogen (secondary N) is 1. The van der Waals surface area contributed by atoms with Crippen LogP contribution in [0, 0.1) is 0 Å². The molecule has 1 aromatic heterocycles. The Morgan fingerprint density at radius 2 is 1.95 bits per heavy atom. The maximum atomic E-state index is 12.4. The molecule has 0 amide bonds. The molecule has 0 bridgehead atoms. The van der Waals surface area contributed by atoms with Gasteiger partial charge in [0.2, 0.25) is 0 Å². The van der Waals surface area contributed by atoms with Crippen LogP contribution in [-0.2, 0) is 6.54 Å². The van der Waals surface area contributed by atoms with Crippen LogP contribution < -0.4 is 10.1 Å². The molecule has 0 aliphatic carbocycles. The van der Waals surface area contributed by atoms with Crippen LogP contribution in [-0.4, -0.2) is 17.9 Å². The lowest BCUT2D eigenvalue weighted by molar-refractivity contribution is -0.274. The summed E-state index contributed by atoms with van der Waals surface area (Å²) < 4.78 is 41.4. The van der Waals surface area contributed by atoms with Crippen molar-refractivity contribution < 1.29 is 17.9 Å². The zero-order valence-electron chi connectivity index (χ0n) is 11.4. The number of rotatable bonds is 5. The van der Waals surface area contributed by atoms with Crippen molar-refractivity contribution in [3.63, 3.8) is 0 Å². The number of benzene rings is 1. The highest BCUT2D eigenvalue weighted by atomic mass is 19.4. The van der Waals surface area contributed by atoms with E-state index in [0.717, 1.165) is 12.1 Å². The number of alkyl halides is 3. The number of para-hydroxylation sites is 1. The van der Waals surface area contributed by atoms with E-state index in [1.807, 2.05) is 6.92 Å². The lowest BCUT2D eigenvalue weighted by Gasteiger charge is -2.13. The van der Waals surface area contributed by atoms with Crippen LogP contribution in [0.3, 0.4) is 0 Å². The first-order valence-corrected chi connectivity index (χ1v) is 6.49. The number of nitrogens with zero attached hydrogens (tertiary/aromatic N) is 1. The third-order valence-corrected chi connectivity index (χ3v) is 2.80. The Morgan fingerprint density at radius 3 is 2.67 bits per heavy atom. The minimum Gasteiger partial charge on any atom is -0.405 e. The number of hydrogen-bond acceptors (Lipinski definition) is 3. The van der Waals surface area contributed by atoms with Crippen molar-refractivity contribution in [2.75, 3.05) is 6.54 Å². The minimum atomic E-state index is -4.72. The van der Waals surface area contributed by atoms with Crippen molar-refractivity contribution >= 4 is 0 Å². The van der Waals surface area contributed by atoms with Gasteiger partial charge in [-0.05, 0) is 24.2 Å². The summed E-state index contributed by atoms with van der Waals surface area (Å²) in [7, 11) is 0. The van der Waals surface area contributed by atoms with Crippen molar-refractivity contribution in [3.05, 3.63) is 48.3 Å². The lowest BCUT2D eigenvalue weighted by atomic mass is 10.0. The Kier molecular flexibility index (Phi) is 4.80. The molecule has 2 rings (SSSR count). The molecule has 0 fully saturated rings. The maximum absolute atomic E-state index is 12.4. The Morgan fingerprint density at radius 1 is 1.19 bits per heavy atom. The largest absolute Gasteiger partial charge is 0.573 e. The fourth-order valence-electron chi connectivity index (χ4n) is 1.92. The van der Waals surface area contributed by atoms with E-state index in [0.29, 0.717) is 17.7 Å². The van der Waals surface area contributed by atoms with Gasteiger partial charge >= 0.3 is 6.36 Å². The van der Waals surface area contributed by atoms with Gasteiger partial charge in [0.25, 0.3) is 0 Å². The van der Waals surface area contributed by atoms with Crippen LogP contribution in [0.2, 0.25) is 0 Å². The highest BCUT2D eigenvalue weighted by Crippen LogP contribution is 2.33. The summed E-state index contributed by atoms with van der Waals surface area (Å²) in [6, 6.07) is 7.83. The quantitative estimate of drug-likeness (QED) is 0.912. The monoisotopic (exact) mass is 296 g/mol. The molecule has 1 aromatic carbocycles. The van der Waals surface area contributed by atoms with E-state index in [9.17, 15) is 13.2 Å². The van der Waals surface area contributed by atoms with E-state index < -0.39 is 6.36 Å².